The van der Waals surface area contributed by atoms with Gasteiger partial charge < -0.3 is 10.0 Å². The Hall–Kier alpha value is -0.450. The lowest BCUT2D eigenvalue weighted by molar-refractivity contribution is 0.0251. The second kappa shape index (κ2) is 5.46. The Morgan fingerprint density at radius 3 is 2.94 bits per heavy atom. The van der Waals surface area contributed by atoms with Crippen molar-refractivity contribution in [3.63, 3.8) is 0 Å². The molecule has 0 bridgehead atoms. The molecular formula is C13H22N2OS. The van der Waals surface area contributed by atoms with E-state index in [2.05, 4.69) is 22.2 Å². The van der Waals surface area contributed by atoms with E-state index in [0.29, 0.717) is 0 Å². The van der Waals surface area contributed by atoms with Gasteiger partial charge in [0, 0.05) is 18.3 Å². The van der Waals surface area contributed by atoms with Gasteiger partial charge in [0.2, 0.25) is 0 Å². The van der Waals surface area contributed by atoms with Crippen molar-refractivity contribution in [3.05, 3.63) is 16.1 Å². The van der Waals surface area contributed by atoms with Crippen molar-refractivity contribution in [2.45, 2.75) is 45.1 Å². The maximum absolute atomic E-state index is 10.7. The molecule has 0 radical (unpaired) electrons. The first-order valence-electron chi connectivity index (χ1n) is 6.47. The topological polar surface area (TPSA) is 36.4 Å². The van der Waals surface area contributed by atoms with Gasteiger partial charge in [-0.25, -0.2) is 4.98 Å². The molecule has 1 atom stereocenters. The Morgan fingerprint density at radius 2 is 2.29 bits per heavy atom. The molecule has 17 heavy (non-hydrogen) atoms. The van der Waals surface area contributed by atoms with E-state index < -0.39 is 5.60 Å². The third-order valence-corrected chi connectivity index (χ3v) is 4.46. The molecule has 0 spiro atoms. The Morgan fingerprint density at radius 1 is 1.47 bits per heavy atom. The van der Waals surface area contributed by atoms with Crippen LogP contribution in [0, 0.1) is 6.92 Å². The lowest BCUT2D eigenvalue weighted by atomic mass is 9.90. The lowest BCUT2D eigenvalue weighted by Gasteiger charge is -2.26. The molecule has 1 aliphatic rings. The van der Waals surface area contributed by atoms with E-state index in [-0.39, 0.29) is 0 Å². The first-order chi connectivity index (χ1) is 8.11. The zero-order valence-electron chi connectivity index (χ0n) is 10.8. The van der Waals surface area contributed by atoms with Crippen molar-refractivity contribution in [1.29, 1.82) is 0 Å². The molecule has 1 N–H and O–H groups in total. The van der Waals surface area contributed by atoms with Gasteiger partial charge in [0.25, 0.3) is 0 Å². The molecule has 96 valence electrons. The number of thiazole rings is 1. The molecule has 0 amide bonds. The first kappa shape index (κ1) is 13.0. The van der Waals surface area contributed by atoms with Crippen LogP contribution in [-0.4, -0.2) is 40.2 Å². The molecule has 3 nitrogen and oxygen atoms in total. The Bertz CT molecular complexity index is 366. The summed E-state index contributed by atoms with van der Waals surface area (Å²) < 4.78 is 0. The first-order valence-corrected chi connectivity index (χ1v) is 7.35. The number of likely N-dealkylation sites (tertiary alicyclic amines) is 1. The third-order valence-electron chi connectivity index (χ3n) is 3.63. The van der Waals surface area contributed by atoms with Crippen molar-refractivity contribution < 1.29 is 5.11 Å². The summed E-state index contributed by atoms with van der Waals surface area (Å²) in [6, 6.07) is 0. The number of hydrogen-bond acceptors (Lipinski definition) is 4. The number of nitrogens with zero attached hydrogens (tertiary/aromatic N) is 2. The highest BCUT2D eigenvalue weighted by Gasteiger charge is 2.30. The molecule has 1 saturated heterocycles. The van der Waals surface area contributed by atoms with Crippen LogP contribution in [0.2, 0.25) is 0 Å². The van der Waals surface area contributed by atoms with Gasteiger partial charge in [0.1, 0.15) is 0 Å². The summed E-state index contributed by atoms with van der Waals surface area (Å²) in [5.41, 5.74) is 0.518. The van der Waals surface area contributed by atoms with Crippen LogP contribution in [0.25, 0.3) is 0 Å². The average molecular weight is 254 g/mol. The standard InChI is InChI=1S/C13H22N2OS/c1-3-15-7-4-5-13(16,6-8-15)9-12-10-17-11(2)14-12/h10,16H,3-9H2,1-2H3. The molecule has 1 aliphatic heterocycles. The van der Waals surface area contributed by atoms with Crippen LogP contribution < -0.4 is 0 Å². The second-order valence-electron chi connectivity index (χ2n) is 5.05. The molecular weight excluding hydrogens is 232 g/mol. The quantitative estimate of drug-likeness (QED) is 0.898. The summed E-state index contributed by atoms with van der Waals surface area (Å²) in [6.07, 6.45) is 3.58. The predicted molar refractivity (Wildman–Crippen MR) is 71.5 cm³/mol. The fraction of sp³-hybridized carbons (Fsp3) is 0.769. The summed E-state index contributed by atoms with van der Waals surface area (Å²) in [5, 5.41) is 13.8. The largest absolute Gasteiger partial charge is 0.389 e. The van der Waals surface area contributed by atoms with Gasteiger partial charge in [-0.3, -0.25) is 0 Å². The van der Waals surface area contributed by atoms with E-state index in [1.807, 2.05) is 6.92 Å². The van der Waals surface area contributed by atoms with E-state index >= 15 is 0 Å². The molecule has 1 aromatic rings. The summed E-state index contributed by atoms with van der Waals surface area (Å²) in [6.45, 7) is 7.43. The lowest BCUT2D eigenvalue weighted by Crippen LogP contribution is -2.33. The maximum atomic E-state index is 10.7. The highest BCUT2D eigenvalue weighted by Crippen LogP contribution is 2.26. The average Bonchev–Trinajstić information content (AvgIpc) is 2.59. The summed E-state index contributed by atoms with van der Waals surface area (Å²) in [4.78, 5) is 6.89. The van der Waals surface area contributed by atoms with Gasteiger partial charge in [-0.05, 0) is 39.3 Å². The molecule has 1 aromatic heterocycles. The highest BCUT2D eigenvalue weighted by atomic mass is 32.1. The summed E-state index contributed by atoms with van der Waals surface area (Å²) in [7, 11) is 0. The zero-order valence-corrected chi connectivity index (χ0v) is 11.6. The Kier molecular flexibility index (Phi) is 4.17. The van der Waals surface area contributed by atoms with Gasteiger partial charge >= 0.3 is 0 Å². The number of hydrogen-bond donors (Lipinski definition) is 1. The van der Waals surface area contributed by atoms with Crippen LogP contribution in [0.4, 0.5) is 0 Å². The number of aryl methyl sites for hydroxylation is 1. The normalized spacial score (nSPS) is 27.0. The Labute approximate surface area is 107 Å². The van der Waals surface area contributed by atoms with Crippen molar-refractivity contribution in [3.8, 4) is 0 Å². The molecule has 1 fully saturated rings. The highest BCUT2D eigenvalue weighted by molar-refractivity contribution is 7.09. The number of aliphatic hydroxyl groups is 1. The van der Waals surface area contributed by atoms with E-state index in [9.17, 15) is 5.11 Å². The van der Waals surface area contributed by atoms with Crippen LogP contribution in [0.3, 0.4) is 0 Å². The number of aromatic nitrogens is 1. The minimum absolute atomic E-state index is 0.537. The van der Waals surface area contributed by atoms with Gasteiger partial charge in [-0.1, -0.05) is 6.92 Å². The molecule has 0 saturated carbocycles. The van der Waals surface area contributed by atoms with Gasteiger partial charge in [0.15, 0.2) is 0 Å². The van der Waals surface area contributed by atoms with Crippen LogP contribution in [0.15, 0.2) is 5.38 Å². The van der Waals surface area contributed by atoms with E-state index in [0.717, 1.165) is 56.0 Å². The van der Waals surface area contributed by atoms with E-state index in [4.69, 9.17) is 0 Å². The third kappa shape index (κ3) is 3.50. The summed E-state index contributed by atoms with van der Waals surface area (Å²) >= 11 is 1.67. The van der Waals surface area contributed by atoms with Crippen molar-refractivity contribution in [1.82, 2.24) is 9.88 Å². The summed E-state index contributed by atoms with van der Waals surface area (Å²) in [5.74, 6) is 0. The van der Waals surface area contributed by atoms with Crippen LogP contribution in [0.1, 0.15) is 36.9 Å². The molecule has 2 rings (SSSR count). The van der Waals surface area contributed by atoms with Gasteiger partial charge in [-0.2, -0.15) is 0 Å². The van der Waals surface area contributed by atoms with E-state index in [1.54, 1.807) is 11.3 Å². The smallest absolute Gasteiger partial charge is 0.0897 e. The van der Waals surface area contributed by atoms with Crippen LogP contribution in [-0.2, 0) is 6.42 Å². The molecule has 2 heterocycles. The molecule has 0 aromatic carbocycles. The van der Waals surface area contributed by atoms with Crippen molar-refractivity contribution in [2.75, 3.05) is 19.6 Å². The van der Waals surface area contributed by atoms with Crippen molar-refractivity contribution >= 4 is 11.3 Å². The van der Waals surface area contributed by atoms with Gasteiger partial charge in [0.05, 0.1) is 16.3 Å². The minimum atomic E-state index is -0.537. The van der Waals surface area contributed by atoms with Crippen LogP contribution >= 0.6 is 11.3 Å². The molecule has 1 unspecified atom stereocenters. The fourth-order valence-electron chi connectivity index (χ4n) is 2.55. The SMILES string of the molecule is CCN1CCCC(O)(Cc2csc(C)n2)CC1. The second-order valence-corrected chi connectivity index (χ2v) is 6.11. The maximum Gasteiger partial charge on any atom is 0.0897 e. The fourth-order valence-corrected chi connectivity index (χ4v) is 3.17. The monoisotopic (exact) mass is 254 g/mol. The van der Waals surface area contributed by atoms with E-state index in [1.165, 1.54) is 0 Å². The van der Waals surface area contributed by atoms with Crippen molar-refractivity contribution in [2.24, 2.45) is 0 Å². The minimum Gasteiger partial charge on any atom is -0.389 e. The molecule has 4 heteroatoms. The number of rotatable bonds is 3. The zero-order chi connectivity index (χ0) is 12.3. The molecule has 0 aliphatic carbocycles. The predicted octanol–water partition coefficient (Wildman–Crippen LogP) is 2.23. The van der Waals surface area contributed by atoms with Crippen LogP contribution in [0.5, 0.6) is 0 Å². The van der Waals surface area contributed by atoms with Gasteiger partial charge in [-0.15, -0.1) is 11.3 Å². The Balaban J connectivity index is 1.98.